The fourth-order valence-electron chi connectivity index (χ4n) is 4.68. The van der Waals surface area contributed by atoms with E-state index in [1.54, 1.807) is 4.90 Å². The second kappa shape index (κ2) is 13.3. The number of hydrogen-bond acceptors (Lipinski definition) is 8. The van der Waals surface area contributed by atoms with Gasteiger partial charge in [-0.1, -0.05) is 30.3 Å². The van der Waals surface area contributed by atoms with Crippen LogP contribution in [0.15, 0.2) is 35.3 Å². The van der Waals surface area contributed by atoms with Gasteiger partial charge in [-0.25, -0.2) is 4.90 Å². The van der Waals surface area contributed by atoms with Crippen LogP contribution in [0.1, 0.15) is 57.4 Å². The van der Waals surface area contributed by atoms with E-state index in [1.165, 1.54) is 12.5 Å². The number of aliphatic imine (C=N–C) groups is 1. The van der Waals surface area contributed by atoms with Crippen molar-refractivity contribution < 1.29 is 24.4 Å². The Labute approximate surface area is 206 Å². The lowest BCUT2D eigenvalue weighted by Crippen LogP contribution is -2.57. The van der Waals surface area contributed by atoms with Crippen LogP contribution in [0.3, 0.4) is 0 Å². The van der Waals surface area contributed by atoms with Crippen molar-refractivity contribution in [3.8, 4) is 0 Å². The predicted octanol–water partition coefficient (Wildman–Crippen LogP) is -0.692. The number of nitrogens with two attached hydrogens (primary N) is 3. The number of carbonyl (C=O) groups is 3. The molecule has 0 aromatic heterocycles. The van der Waals surface area contributed by atoms with Crippen LogP contribution in [0, 0.1) is 0 Å². The smallest absolute Gasteiger partial charge is 0.426 e. The highest BCUT2D eigenvalue weighted by atomic mass is 16.4. The molecule has 0 aliphatic heterocycles. The van der Waals surface area contributed by atoms with Gasteiger partial charge < -0.3 is 27.2 Å². The summed E-state index contributed by atoms with van der Waals surface area (Å²) in [4.78, 5) is 43.9. The van der Waals surface area contributed by atoms with Crippen LogP contribution in [-0.4, -0.2) is 81.8 Å². The van der Waals surface area contributed by atoms with Crippen molar-refractivity contribution in [1.29, 1.82) is 0 Å². The van der Waals surface area contributed by atoms with E-state index in [1.807, 2.05) is 18.2 Å². The molecule has 0 spiro atoms. The van der Waals surface area contributed by atoms with Gasteiger partial charge in [-0.15, -0.1) is 0 Å². The Morgan fingerprint density at radius 2 is 1.83 bits per heavy atom. The van der Waals surface area contributed by atoms with Gasteiger partial charge in [0.05, 0.1) is 12.6 Å². The van der Waals surface area contributed by atoms with Crippen LogP contribution < -0.4 is 17.2 Å². The molecule has 192 valence electrons. The maximum atomic E-state index is 13.2. The summed E-state index contributed by atoms with van der Waals surface area (Å²) in [6.45, 7) is 2.47. The molecule has 3 unspecified atom stereocenters. The van der Waals surface area contributed by atoms with Crippen molar-refractivity contribution in [2.24, 2.45) is 22.2 Å². The van der Waals surface area contributed by atoms with Gasteiger partial charge in [0.15, 0.2) is 5.96 Å². The Morgan fingerprint density at radius 3 is 2.37 bits per heavy atom. The van der Waals surface area contributed by atoms with Gasteiger partial charge in [-0.2, -0.15) is 0 Å². The summed E-state index contributed by atoms with van der Waals surface area (Å²) < 4.78 is 0. The minimum absolute atomic E-state index is 0.0638. The van der Waals surface area contributed by atoms with Crippen LogP contribution in [0.2, 0.25) is 0 Å². The van der Waals surface area contributed by atoms with E-state index >= 15 is 0 Å². The zero-order valence-corrected chi connectivity index (χ0v) is 20.4. The number of nitrogens with zero attached hydrogens (tertiary/aromatic N) is 3. The number of imide groups is 3. The van der Waals surface area contributed by atoms with Crippen molar-refractivity contribution in [2.45, 2.75) is 69.9 Å². The quantitative estimate of drug-likeness (QED) is 0.116. The molecule has 0 heterocycles. The highest BCUT2D eigenvalue weighted by Crippen LogP contribution is 2.38. The summed E-state index contributed by atoms with van der Waals surface area (Å²) in [7, 11) is -1.76. The Morgan fingerprint density at radius 1 is 1.17 bits per heavy atom. The Balaban J connectivity index is 2.29. The molecule has 1 aliphatic rings. The SMILES string of the molecule is CC(=O)N(C(=O)CN(C1CCC(c2ccccc2)C1)C(CCCN=C(N)N)B(O)O)C(=O)[C@H](C)N. The molecule has 1 fully saturated rings. The first-order valence-electron chi connectivity index (χ1n) is 11.9. The summed E-state index contributed by atoms with van der Waals surface area (Å²) in [6.07, 6.45) is 2.99. The molecular weight excluding hydrogens is 451 g/mol. The molecule has 1 aromatic rings. The molecule has 0 bridgehead atoms. The minimum Gasteiger partial charge on any atom is -0.426 e. The van der Waals surface area contributed by atoms with E-state index in [4.69, 9.17) is 17.2 Å². The minimum atomic E-state index is -1.76. The predicted molar refractivity (Wildman–Crippen MR) is 134 cm³/mol. The molecule has 12 heteroatoms. The Bertz CT molecular complexity index is 894. The lowest BCUT2D eigenvalue weighted by atomic mass is 9.74. The zero-order valence-electron chi connectivity index (χ0n) is 20.4. The topological polar surface area (TPSA) is 189 Å². The second-order valence-electron chi connectivity index (χ2n) is 9.05. The van der Waals surface area contributed by atoms with Gasteiger partial charge in [0, 0.05) is 25.5 Å². The number of amides is 3. The molecule has 3 amide bonds. The maximum absolute atomic E-state index is 13.2. The summed E-state index contributed by atoms with van der Waals surface area (Å²) in [5.74, 6) is -2.94. The first kappa shape index (κ1) is 28.4. The molecule has 1 saturated carbocycles. The lowest BCUT2D eigenvalue weighted by molar-refractivity contribution is -0.154. The summed E-state index contributed by atoms with van der Waals surface area (Å²) >= 11 is 0. The number of rotatable bonds is 11. The van der Waals surface area contributed by atoms with Crippen molar-refractivity contribution >= 4 is 30.8 Å². The third kappa shape index (κ3) is 8.13. The third-order valence-corrected chi connectivity index (χ3v) is 6.36. The average Bonchev–Trinajstić information content (AvgIpc) is 3.28. The van der Waals surface area contributed by atoms with E-state index in [-0.39, 0.29) is 37.4 Å². The molecule has 1 aliphatic carbocycles. The summed E-state index contributed by atoms with van der Waals surface area (Å²) in [5.41, 5.74) is 17.6. The van der Waals surface area contributed by atoms with E-state index in [0.717, 1.165) is 13.3 Å². The number of hydrogen-bond donors (Lipinski definition) is 5. The first-order valence-corrected chi connectivity index (χ1v) is 11.9. The summed E-state index contributed by atoms with van der Waals surface area (Å²) in [6, 6.07) is 8.78. The second-order valence-corrected chi connectivity index (χ2v) is 9.05. The van der Waals surface area contributed by atoms with Crippen LogP contribution in [0.4, 0.5) is 0 Å². The van der Waals surface area contributed by atoms with E-state index in [9.17, 15) is 24.4 Å². The molecule has 4 atom stereocenters. The van der Waals surface area contributed by atoms with Crippen LogP contribution in [-0.2, 0) is 14.4 Å². The van der Waals surface area contributed by atoms with Crippen molar-refractivity contribution in [3.63, 3.8) is 0 Å². The lowest BCUT2D eigenvalue weighted by Gasteiger charge is -2.36. The van der Waals surface area contributed by atoms with Gasteiger partial charge in [0.1, 0.15) is 0 Å². The Hall–Kier alpha value is -2.80. The number of benzene rings is 1. The van der Waals surface area contributed by atoms with Crippen molar-refractivity contribution in [2.75, 3.05) is 13.1 Å². The van der Waals surface area contributed by atoms with Crippen molar-refractivity contribution in [3.05, 3.63) is 35.9 Å². The molecular formula is C23H37BN6O5. The highest BCUT2D eigenvalue weighted by Gasteiger charge is 2.40. The van der Waals surface area contributed by atoms with E-state index in [2.05, 4.69) is 17.1 Å². The van der Waals surface area contributed by atoms with Gasteiger partial charge in [0.25, 0.3) is 5.91 Å². The standard InChI is InChI=1S/C23H37BN6O5/c1-15(25)22(33)30(16(2)31)21(32)14-29(20(24(34)35)9-6-12-28-23(26)27)19-11-10-18(13-19)17-7-4-3-5-8-17/h3-5,7-8,15,18-20,34-35H,6,9-14,25H2,1-2H3,(H4,26,27,28)/t15-,18?,19?,20?/m0/s1. The fraction of sp³-hybridized carbons (Fsp3) is 0.565. The van der Waals surface area contributed by atoms with Crippen LogP contribution in [0.25, 0.3) is 0 Å². The molecule has 1 aromatic carbocycles. The van der Waals surface area contributed by atoms with Gasteiger partial charge in [-0.05, 0) is 50.5 Å². The zero-order chi connectivity index (χ0) is 26.1. The normalized spacial score (nSPS) is 19.1. The largest absolute Gasteiger partial charge is 0.469 e. The van der Waals surface area contributed by atoms with E-state index < -0.39 is 36.8 Å². The average molecular weight is 488 g/mol. The molecule has 0 saturated heterocycles. The highest BCUT2D eigenvalue weighted by molar-refractivity contribution is 6.43. The molecule has 11 nitrogen and oxygen atoms in total. The molecule has 8 N–H and O–H groups in total. The summed E-state index contributed by atoms with van der Waals surface area (Å²) in [5, 5.41) is 20.5. The van der Waals surface area contributed by atoms with Gasteiger partial charge in [-0.3, -0.25) is 24.3 Å². The maximum Gasteiger partial charge on any atom is 0.469 e. The molecule has 2 rings (SSSR count). The third-order valence-electron chi connectivity index (χ3n) is 6.36. The first-order chi connectivity index (χ1) is 16.5. The van der Waals surface area contributed by atoms with Crippen LogP contribution >= 0.6 is 0 Å². The van der Waals surface area contributed by atoms with Gasteiger partial charge in [0.2, 0.25) is 11.8 Å². The van der Waals surface area contributed by atoms with Crippen LogP contribution in [0.5, 0.6) is 0 Å². The van der Waals surface area contributed by atoms with Gasteiger partial charge >= 0.3 is 7.12 Å². The molecule has 35 heavy (non-hydrogen) atoms. The molecule has 0 radical (unpaired) electrons. The number of guanidine groups is 1. The van der Waals surface area contributed by atoms with E-state index in [0.29, 0.717) is 24.2 Å². The van der Waals surface area contributed by atoms with Crippen molar-refractivity contribution in [1.82, 2.24) is 9.80 Å². The monoisotopic (exact) mass is 488 g/mol. The fourth-order valence-corrected chi connectivity index (χ4v) is 4.68. The number of carbonyl (C=O) groups excluding carboxylic acids is 3. The Kier molecular flexibility index (Phi) is 10.8.